The van der Waals surface area contributed by atoms with Crippen molar-refractivity contribution in [1.29, 1.82) is 0 Å². The Morgan fingerprint density at radius 3 is 2.06 bits per heavy atom. The van der Waals surface area contributed by atoms with Crippen LogP contribution in [0.2, 0.25) is 0 Å². The number of carboxylic acids is 1. The highest BCUT2D eigenvalue weighted by Gasteiger charge is 2.29. The van der Waals surface area contributed by atoms with Gasteiger partial charge in [0.1, 0.15) is 6.61 Å². The molecule has 3 aromatic carbocycles. The van der Waals surface area contributed by atoms with Crippen molar-refractivity contribution < 1.29 is 24.2 Å². The number of carbonyl (C=O) groups is 3. The molecule has 3 aromatic rings. The number of benzene rings is 3. The van der Waals surface area contributed by atoms with E-state index in [1.165, 1.54) is 0 Å². The summed E-state index contributed by atoms with van der Waals surface area (Å²) in [7, 11) is 0. The maximum absolute atomic E-state index is 12.2. The molecule has 34 heavy (non-hydrogen) atoms. The smallest absolute Gasteiger partial charge is 0.407 e. The number of nitrogens with one attached hydrogen (secondary N) is 2. The largest absolute Gasteiger partial charge is 0.479 e. The third-order valence-corrected chi connectivity index (χ3v) is 5.88. The van der Waals surface area contributed by atoms with Crippen LogP contribution >= 0.6 is 0 Å². The number of rotatable bonds is 9. The van der Waals surface area contributed by atoms with E-state index in [4.69, 9.17) is 4.74 Å². The molecule has 0 spiro atoms. The number of fused-ring (bicyclic) bond motifs is 3. The number of hydrogen-bond donors (Lipinski definition) is 3. The lowest BCUT2D eigenvalue weighted by Gasteiger charge is -2.15. The van der Waals surface area contributed by atoms with Crippen LogP contribution in [0.4, 0.5) is 4.79 Å². The normalized spacial score (nSPS) is 12.8. The molecule has 4 rings (SSSR count). The maximum Gasteiger partial charge on any atom is 0.407 e. The summed E-state index contributed by atoms with van der Waals surface area (Å²) >= 11 is 0. The molecule has 7 nitrogen and oxygen atoms in total. The number of amides is 2. The van der Waals surface area contributed by atoms with E-state index in [-0.39, 0.29) is 25.5 Å². The lowest BCUT2D eigenvalue weighted by molar-refractivity contribution is -0.142. The summed E-state index contributed by atoms with van der Waals surface area (Å²) < 4.78 is 5.47. The highest BCUT2D eigenvalue weighted by atomic mass is 16.5. The summed E-state index contributed by atoms with van der Waals surface area (Å²) in [5.74, 6) is -1.54. The van der Waals surface area contributed by atoms with Crippen LogP contribution in [0.1, 0.15) is 41.5 Å². The Hall–Kier alpha value is -4.13. The number of carbonyl (C=O) groups excluding carboxylic acids is 2. The molecule has 0 aliphatic heterocycles. The molecule has 0 saturated heterocycles. The second-order valence-corrected chi connectivity index (χ2v) is 8.11. The van der Waals surface area contributed by atoms with Crippen LogP contribution in [0.3, 0.4) is 0 Å². The molecular weight excluding hydrogens is 432 g/mol. The number of ether oxygens (including phenoxy) is 1. The molecule has 1 atom stereocenters. The van der Waals surface area contributed by atoms with Gasteiger partial charge in [0.25, 0.3) is 0 Å². The standard InChI is InChI=1S/C27H26N2O5/c30-24(29-25(26(31)32)18-9-2-1-3-10-18)15-8-16-28-27(33)34-17-23-21-13-6-4-11-19(21)20-12-5-7-14-22(20)23/h1-7,9-14,23,25H,8,15-17H2,(H,28,33)(H,29,30)(H,31,32). The van der Waals surface area contributed by atoms with Gasteiger partial charge in [-0.15, -0.1) is 0 Å². The van der Waals surface area contributed by atoms with E-state index in [2.05, 4.69) is 34.9 Å². The summed E-state index contributed by atoms with van der Waals surface area (Å²) in [4.78, 5) is 35.9. The van der Waals surface area contributed by atoms with Crippen molar-refractivity contribution in [1.82, 2.24) is 10.6 Å². The van der Waals surface area contributed by atoms with Gasteiger partial charge < -0.3 is 20.5 Å². The summed E-state index contributed by atoms with van der Waals surface area (Å²) in [5.41, 5.74) is 5.10. The predicted octanol–water partition coefficient (Wildman–Crippen LogP) is 4.25. The lowest BCUT2D eigenvalue weighted by Crippen LogP contribution is -2.34. The van der Waals surface area contributed by atoms with Crippen molar-refractivity contribution >= 4 is 18.0 Å². The van der Waals surface area contributed by atoms with Gasteiger partial charge in [-0.3, -0.25) is 4.79 Å². The SMILES string of the molecule is O=C(CCCNC(=O)OCC1c2ccccc2-c2ccccc21)NC(C(=O)O)c1ccccc1. The van der Waals surface area contributed by atoms with E-state index in [9.17, 15) is 19.5 Å². The van der Waals surface area contributed by atoms with Crippen molar-refractivity contribution in [2.45, 2.75) is 24.8 Å². The van der Waals surface area contributed by atoms with Gasteiger partial charge in [-0.2, -0.15) is 0 Å². The molecule has 0 bridgehead atoms. The van der Waals surface area contributed by atoms with E-state index in [0.717, 1.165) is 22.3 Å². The van der Waals surface area contributed by atoms with Crippen molar-refractivity contribution in [2.24, 2.45) is 0 Å². The fourth-order valence-corrected chi connectivity index (χ4v) is 4.26. The van der Waals surface area contributed by atoms with Crippen molar-refractivity contribution in [3.8, 4) is 11.1 Å². The van der Waals surface area contributed by atoms with Crippen LogP contribution in [0, 0.1) is 0 Å². The molecule has 0 heterocycles. The topological polar surface area (TPSA) is 105 Å². The predicted molar refractivity (Wildman–Crippen MR) is 127 cm³/mol. The van der Waals surface area contributed by atoms with Gasteiger partial charge in [-0.1, -0.05) is 78.9 Å². The summed E-state index contributed by atoms with van der Waals surface area (Å²) in [6.07, 6.45) is -0.104. The number of alkyl carbamates (subject to hydrolysis) is 1. The Balaban J connectivity index is 1.22. The van der Waals surface area contributed by atoms with Gasteiger partial charge in [0.2, 0.25) is 5.91 Å². The third-order valence-electron chi connectivity index (χ3n) is 5.88. The highest BCUT2D eigenvalue weighted by Crippen LogP contribution is 2.44. The molecule has 0 radical (unpaired) electrons. The van der Waals surface area contributed by atoms with Crippen LogP contribution < -0.4 is 10.6 Å². The van der Waals surface area contributed by atoms with Crippen LogP contribution in [0.5, 0.6) is 0 Å². The first-order valence-electron chi connectivity index (χ1n) is 11.2. The second-order valence-electron chi connectivity index (χ2n) is 8.11. The van der Waals surface area contributed by atoms with E-state index < -0.39 is 24.0 Å². The van der Waals surface area contributed by atoms with Crippen LogP contribution in [0.15, 0.2) is 78.9 Å². The molecular formula is C27H26N2O5. The summed E-state index contributed by atoms with van der Waals surface area (Å²) in [6, 6.07) is 23.6. The van der Waals surface area contributed by atoms with E-state index >= 15 is 0 Å². The molecule has 2 amide bonds. The van der Waals surface area contributed by atoms with Gasteiger partial charge in [-0.25, -0.2) is 9.59 Å². The zero-order valence-corrected chi connectivity index (χ0v) is 18.6. The average molecular weight is 459 g/mol. The quantitative estimate of drug-likeness (QED) is 0.416. The molecule has 1 unspecified atom stereocenters. The molecule has 174 valence electrons. The minimum Gasteiger partial charge on any atom is -0.479 e. The second kappa shape index (κ2) is 10.7. The van der Waals surface area contributed by atoms with E-state index in [0.29, 0.717) is 12.0 Å². The van der Waals surface area contributed by atoms with E-state index in [1.807, 2.05) is 24.3 Å². The zero-order valence-electron chi connectivity index (χ0n) is 18.6. The Kier molecular flexibility index (Phi) is 7.22. The Morgan fingerprint density at radius 2 is 1.44 bits per heavy atom. The summed E-state index contributed by atoms with van der Waals surface area (Å²) in [6.45, 7) is 0.463. The van der Waals surface area contributed by atoms with Crippen molar-refractivity contribution in [2.75, 3.05) is 13.2 Å². The lowest BCUT2D eigenvalue weighted by atomic mass is 9.98. The monoisotopic (exact) mass is 458 g/mol. The number of aliphatic carboxylic acids is 1. The maximum atomic E-state index is 12.2. The first kappa shape index (κ1) is 23.0. The van der Waals surface area contributed by atoms with Crippen molar-refractivity contribution in [3.05, 3.63) is 95.6 Å². The number of carboxylic acid groups (broad SMARTS) is 1. The molecule has 0 saturated carbocycles. The van der Waals surface area contributed by atoms with Gasteiger partial charge in [0.05, 0.1) is 0 Å². The fourth-order valence-electron chi connectivity index (χ4n) is 4.26. The van der Waals surface area contributed by atoms with Gasteiger partial charge in [0, 0.05) is 18.9 Å². The highest BCUT2D eigenvalue weighted by molar-refractivity contribution is 5.84. The first-order chi connectivity index (χ1) is 16.5. The molecule has 1 aliphatic carbocycles. The minimum absolute atomic E-state index is 0.0186. The van der Waals surface area contributed by atoms with Gasteiger partial charge in [-0.05, 0) is 34.2 Å². The first-order valence-corrected chi connectivity index (χ1v) is 11.2. The Bertz CT molecular complexity index is 1130. The fraction of sp³-hybridized carbons (Fsp3) is 0.222. The van der Waals surface area contributed by atoms with Crippen LogP contribution in [-0.2, 0) is 14.3 Å². The van der Waals surface area contributed by atoms with Crippen LogP contribution in [0.25, 0.3) is 11.1 Å². The molecule has 0 aromatic heterocycles. The molecule has 3 N–H and O–H groups in total. The van der Waals surface area contributed by atoms with E-state index in [1.54, 1.807) is 30.3 Å². The Labute approximate surface area is 197 Å². The van der Waals surface area contributed by atoms with Crippen LogP contribution in [-0.4, -0.2) is 36.2 Å². The zero-order chi connectivity index (χ0) is 23.9. The number of hydrogen-bond acceptors (Lipinski definition) is 4. The van der Waals surface area contributed by atoms with Gasteiger partial charge >= 0.3 is 12.1 Å². The molecule has 1 aliphatic rings. The third kappa shape index (κ3) is 5.26. The average Bonchev–Trinajstić information content (AvgIpc) is 3.18. The molecule has 7 heteroatoms. The van der Waals surface area contributed by atoms with Crippen molar-refractivity contribution in [3.63, 3.8) is 0 Å². The molecule has 0 fully saturated rings. The minimum atomic E-state index is -1.13. The van der Waals surface area contributed by atoms with Gasteiger partial charge in [0.15, 0.2) is 6.04 Å². The Morgan fingerprint density at radius 1 is 0.853 bits per heavy atom. The summed E-state index contributed by atoms with van der Waals surface area (Å²) in [5, 5.41) is 14.6.